The smallest absolute Gasteiger partial charge is 0.383 e. The molecule has 1 heterocycles. The van der Waals surface area contributed by atoms with Crippen LogP contribution in [-0.4, -0.2) is 40.3 Å². The van der Waals surface area contributed by atoms with Crippen LogP contribution < -0.4 is 11.4 Å². The van der Waals surface area contributed by atoms with Crippen molar-refractivity contribution in [3.63, 3.8) is 0 Å². The fourth-order valence-corrected chi connectivity index (χ4v) is 5.28. The number of aliphatic hydroxyl groups is 1. The number of nitrogens with two attached hydrogens (primary N) is 1. The first kappa shape index (κ1) is 27.8. The van der Waals surface area contributed by atoms with Gasteiger partial charge in [0.05, 0.1) is 6.10 Å². The van der Waals surface area contributed by atoms with Gasteiger partial charge in [-0.15, -0.1) is 0 Å². The van der Waals surface area contributed by atoms with E-state index in [1.54, 1.807) is 19.9 Å². The lowest BCUT2D eigenvalue weighted by Gasteiger charge is -2.21. The molecule has 0 aliphatic rings. The molecule has 0 spiro atoms. The molecule has 0 saturated carbocycles. The Morgan fingerprint density at radius 1 is 1.10 bits per heavy atom. The molecule has 0 aliphatic carbocycles. The monoisotopic (exact) mass is 507 g/mol. The third-order valence-corrected chi connectivity index (χ3v) is 7.14. The molecule has 0 aromatic carbocycles. The average Bonchev–Trinajstić information content (AvgIpc) is 2.53. The van der Waals surface area contributed by atoms with E-state index in [-0.39, 0.29) is 24.6 Å². The number of aliphatic hydroxyl groups excluding tert-OH is 1. The molecule has 178 valence electrons. The molecule has 0 radical (unpaired) electrons. The quantitative estimate of drug-likeness (QED) is 0.171. The molecule has 0 fully saturated rings. The molecule has 2 unspecified atom stereocenters. The SMILES string of the molecule is CC(C)/C=C/[C@H](CC[C@@H](O)n1ccc(N)nc1=O)OP(=O)(O)OP(=O)(O)OP(=O)(O)O. The molecule has 1 aromatic rings. The Bertz CT molecular complexity index is 974. The van der Waals surface area contributed by atoms with Crippen LogP contribution in [0.1, 0.15) is 32.9 Å². The number of phosphoric acid groups is 3. The van der Waals surface area contributed by atoms with Gasteiger partial charge in [-0.05, 0) is 24.8 Å². The number of allylic oxidation sites excluding steroid dienone is 1. The van der Waals surface area contributed by atoms with E-state index in [4.69, 9.17) is 20.0 Å². The van der Waals surface area contributed by atoms with E-state index < -0.39 is 41.5 Å². The minimum Gasteiger partial charge on any atom is -0.383 e. The summed E-state index contributed by atoms with van der Waals surface area (Å²) >= 11 is 0. The molecular weight excluding hydrogens is 483 g/mol. The van der Waals surface area contributed by atoms with Crippen LogP contribution in [0, 0.1) is 5.92 Å². The van der Waals surface area contributed by atoms with Gasteiger partial charge in [-0.1, -0.05) is 26.0 Å². The van der Waals surface area contributed by atoms with Gasteiger partial charge in [0.15, 0.2) is 0 Å². The summed E-state index contributed by atoms with van der Waals surface area (Å²) in [6, 6.07) is 1.27. The van der Waals surface area contributed by atoms with Gasteiger partial charge in [0.2, 0.25) is 0 Å². The van der Waals surface area contributed by atoms with Crippen LogP contribution in [0.5, 0.6) is 0 Å². The first-order valence-corrected chi connectivity index (χ1v) is 13.0. The van der Waals surface area contributed by atoms with E-state index in [2.05, 4.69) is 13.6 Å². The third-order valence-electron chi connectivity index (χ3n) is 3.28. The summed E-state index contributed by atoms with van der Waals surface area (Å²) in [5.74, 6) is -0.0975. The number of aromatic nitrogens is 2. The van der Waals surface area contributed by atoms with Crippen LogP contribution in [0.4, 0.5) is 5.82 Å². The predicted molar refractivity (Wildman–Crippen MR) is 106 cm³/mol. The van der Waals surface area contributed by atoms with E-state index in [1.807, 2.05) is 0 Å². The fourth-order valence-electron chi connectivity index (χ4n) is 2.11. The Balaban J connectivity index is 2.93. The molecule has 1 rings (SSSR count). The van der Waals surface area contributed by atoms with E-state index in [1.165, 1.54) is 18.3 Å². The molecule has 18 heteroatoms. The summed E-state index contributed by atoms with van der Waals surface area (Å²) in [5.41, 5.74) is 4.53. The Morgan fingerprint density at radius 2 is 1.71 bits per heavy atom. The highest BCUT2D eigenvalue weighted by Crippen LogP contribution is 2.66. The Labute approximate surface area is 176 Å². The Hall–Kier alpha value is -1.21. The van der Waals surface area contributed by atoms with Crippen molar-refractivity contribution < 1.29 is 51.5 Å². The first-order chi connectivity index (χ1) is 14.0. The highest BCUT2D eigenvalue weighted by atomic mass is 31.3. The number of hydrogen-bond donors (Lipinski definition) is 6. The Kier molecular flexibility index (Phi) is 9.95. The van der Waals surface area contributed by atoms with Crippen LogP contribution in [-0.2, 0) is 26.8 Å². The van der Waals surface area contributed by atoms with Gasteiger partial charge in [0.1, 0.15) is 12.0 Å². The molecule has 0 aliphatic heterocycles. The summed E-state index contributed by atoms with van der Waals surface area (Å²) in [6.07, 6.45) is 0.966. The standard InChI is InChI=1S/C13H24N3O12P3/c1-9(2)3-4-10(5-6-12(17)16-8-7-11(14)15-13(16)18)26-30(22,23)28-31(24,25)27-29(19,20)21/h3-4,7-10,12,17H,5-6H2,1-2H3,(H,22,23)(H,24,25)(H2,14,15,18)(H2,19,20,21)/b4-3+/t10-,12-/m1/s1. The maximum Gasteiger partial charge on any atom is 0.490 e. The normalized spacial score (nSPS) is 18.6. The second-order valence-electron chi connectivity index (χ2n) is 6.46. The van der Waals surface area contributed by atoms with E-state index in [0.717, 1.165) is 4.57 Å². The summed E-state index contributed by atoms with van der Waals surface area (Å²) in [6.45, 7) is 3.54. The van der Waals surface area contributed by atoms with Crippen molar-refractivity contribution in [3.05, 3.63) is 34.9 Å². The van der Waals surface area contributed by atoms with Crippen LogP contribution in [0.15, 0.2) is 29.2 Å². The second-order valence-corrected chi connectivity index (χ2v) is 10.8. The van der Waals surface area contributed by atoms with Crippen molar-refractivity contribution in [2.75, 3.05) is 5.73 Å². The van der Waals surface area contributed by atoms with Gasteiger partial charge in [-0.3, -0.25) is 9.09 Å². The lowest BCUT2D eigenvalue weighted by molar-refractivity contribution is 0.0695. The molecule has 0 bridgehead atoms. The van der Waals surface area contributed by atoms with Crippen LogP contribution in [0.25, 0.3) is 0 Å². The minimum absolute atomic E-state index is 0.0409. The molecule has 0 saturated heterocycles. The zero-order valence-electron chi connectivity index (χ0n) is 16.4. The number of hydrogen-bond acceptors (Lipinski definition) is 10. The van der Waals surface area contributed by atoms with Crippen molar-refractivity contribution in [1.82, 2.24) is 9.55 Å². The van der Waals surface area contributed by atoms with Gasteiger partial charge in [0.25, 0.3) is 0 Å². The molecular formula is C13H24N3O12P3. The number of anilines is 1. The average molecular weight is 507 g/mol. The molecule has 7 N–H and O–H groups in total. The lowest BCUT2D eigenvalue weighted by Crippen LogP contribution is -2.27. The van der Waals surface area contributed by atoms with Gasteiger partial charge in [0, 0.05) is 6.20 Å². The molecule has 1 aromatic heterocycles. The first-order valence-electron chi connectivity index (χ1n) is 8.53. The largest absolute Gasteiger partial charge is 0.490 e. The number of nitrogens with zero attached hydrogens (tertiary/aromatic N) is 2. The predicted octanol–water partition coefficient (Wildman–Crippen LogP) is 1.02. The van der Waals surface area contributed by atoms with Crippen molar-refractivity contribution in [2.24, 2.45) is 5.92 Å². The lowest BCUT2D eigenvalue weighted by atomic mass is 10.1. The van der Waals surface area contributed by atoms with E-state index in [9.17, 15) is 33.4 Å². The van der Waals surface area contributed by atoms with Crippen molar-refractivity contribution in [1.29, 1.82) is 0 Å². The molecule has 4 atom stereocenters. The highest BCUT2D eigenvalue weighted by Gasteiger charge is 2.41. The molecule has 31 heavy (non-hydrogen) atoms. The van der Waals surface area contributed by atoms with Crippen LogP contribution >= 0.6 is 23.5 Å². The Morgan fingerprint density at radius 3 is 2.23 bits per heavy atom. The summed E-state index contributed by atoms with van der Waals surface area (Å²) in [7, 11) is -16.6. The van der Waals surface area contributed by atoms with Gasteiger partial charge in [-0.2, -0.15) is 13.6 Å². The zero-order chi connectivity index (χ0) is 24.0. The van der Waals surface area contributed by atoms with Crippen molar-refractivity contribution >= 4 is 29.3 Å². The number of phosphoric ester groups is 1. The zero-order valence-corrected chi connectivity index (χ0v) is 19.0. The minimum atomic E-state index is -5.67. The van der Waals surface area contributed by atoms with Crippen molar-refractivity contribution in [2.45, 2.75) is 39.0 Å². The van der Waals surface area contributed by atoms with Gasteiger partial charge < -0.3 is 30.4 Å². The van der Waals surface area contributed by atoms with E-state index >= 15 is 0 Å². The maximum absolute atomic E-state index is 12.0. The second kappa shape index (κ2) is 11.1. The van der Waals surface area contributed by atoms with Crippen LogP contribution in [0.3, 0.4) is 0 Å². The summed E-state index contributed by atoms with van der Waals surface area (Å²) in [5, 5.41) is 10.2. The number of nitrogen functional groups attached to an aromatic ring is 1. The van der Waals surface area contributed by atoms with Gasteiger partial charge >= 0.3 is 29.2 Å². The highest BCUT2D eigenvalue weighted by molar-refractivity contribution is 7.66. The van der Waals surface area contributed by atoms with E-state index in [0.29, 0.717) is 0 Å². The number of rotatable bonds is 12. The molecule has 0 amide bonds. The van der Waals surface area contributed by atoms with Crippen LogP contribution in [0.2, 0.25) is 0 Å². The summed E-state index contributed by atoms with van der Waals surface area (Å²) in [4.78, 5) is 51.3. The molecule has 15 nitrogen and oxygen atoms in total. The fraction of sp³-hybridized carbons (Fsp3) is 0.538. The maximum atomic E-state index is 12.0. The summed E-state index contributed by atoms with van der Waals surface area (Å²) < 4.78 is 47.2. The van der Waals surface area contributed by atoms with Crippen molar-refractivity contribution in [3.8, 4) is 0 Å². The topological polar surface area (TPSA) is 241 Å². The van der Waals surface area contributed by atoms with Gasteiger partial charge in [-0.25, -0.2) is 18.5 Å². The third kappa shape index (κ3) is 11.3.